The van der Waals surface area contributed by atoms with Gasteiger partial charge >= 0.3 is 0 Å². The van der Waals surface area contributed by atoms with Crippen molar-refractivity contribution in [2.45, 2.75) is 45.4 Å². The lowest BCUT2D eigenvalue weighted by atomic mass is 10.0. The van der Waals surface area contributed by atoms with Gasteiger partial charge in [0.15, 0.2) is 5.82 Å². The third-order valence-electron chi connectivity index (χ3n) is 3.16. The average molecular weight is 232 g/mol. The molecule has 90 valence electrons. The van der Waals surface area contributed by atoms with E-state index in [1.807, 2.05) is 6.92 Å². The molecule has 5 heteroatoms. The Morgan fingerprint density at radius 3 is 2.82 bits per heavy atom. The molecule has 0 amide bonds. The first-order chi connectivity index (χ1) is 8.31. The number of aromatic amines is 1. The van der Waals surface area contributed by atoms with Crippen LogP contribution in [-0.2, 0) is 25.7 Å². The molecule has 0 fully saturated rings. The van der Waals surface area contributed by atoms with Gasteiger partial charge in [-0.2, -0.15) is 4.98 Å². The summed E-state index contributed by atoms with van der Waals surface area (Å²) >= 11 is 0. The first kappa shape index (κ1) is 10.5. The van der Waals surface area contributed by atoms with Crippen molar-refractivity contribution < 1.29 is 4.52 Å². The second-order valence-electron chi connectivity index (χ2n) is 4.55. The fraction of sp³-hybridized carbons (Fsp3) is 0.583. The number of nitrogens with zero attached hydrogens (tertiary/aromatic N) is 3. The number of aromatic nitrogens is 4. The van der Waals surface area contributed by atoms with Crippen molar-refractivity contribution >= 4 is 0 Å². The lowest BCUT2D eigenvalue weighted by molar-refractivity contribution is 0.387. The Kier molecular flexibility index (Phi) is 2.66. The normalized spacial score (nSPS) is 14.9. The van der Waals surface area contributed by atoms with Gasteiger partial charge in [0.05, 0.1) is 5.69 Å². The predicted molar refractivity (Wildman–Crippen MR) is 61.7 cm³/mol. The molecule has 3 rings (SSSR count). The molecule has 0 unspecified atom stereocenters. The second-order valence-corrected chi connectivity index (χ2v) is 4.55. The summed E-state index contributed by atoms with van der Waals surface area (Å²) in [5.41, 5.74) is 2.59. The quantitative estimate of drug-likeness (QED) is 0.875. The molecule has 1 aliphatic carbocycles. The van der Waals surface area contributed by atoms with E-state index in [0.29, 0.717) is 5.89 Å². The van der Waals surface area contributed by atoms with E-state index < -0.39 is 0 Å². The zero-order valence-electron chi connectivity index (χ0n) is 9.99. The highest BCUT2D eigenvalue weighted by molar-refractivity contribution is 5.17. The van der Waals surface area contributed by atoms with Gasteiger partial charge in [0.1, 0.15) is 5.82 Å². The van der Waals surface area contributed by atoms with Gasteiger partial charge in [0, 0.05) is 25.5 Å². The van der Waals surface area contributed by atoms with Crippen molar-refractivity contribution in [3.63, 3.8) is 0 Å². The van der Waals surface area contributed by atoms with Crippen LogP contribution in [0.3, 0.4) is 0 Å². The maximum absolute atomic E-state index is 4.94. The number of H-pyrrole nitrogens is 1. The van der Waals surface area contributed by atoms with Crippen molar-refractivity contribution in [3.05, 3.63) is 28.9 Å². The molecule has 5 nitrogen and oxygen atoms in total. The third kappa shape index (κ3) is 2.23. The van der Waals surface area contributed by atoms with Gasteiger partial charge in [-0.05, 0) is 25.7 Å². The van der Waals surface area contributed by atoms with Crippen molar-refractivity contribution in [1.29, 1.82) is 0 Å². The minimum absolute atomic E-state index is 0.624. The summed E-state index contributed by atoms with van der Waals surface area (Å²) in [4.78, 5) is 12.2. The topological polar surface area (TPSA) is 67.6 Å². The van der Waals surface area contributed by atoms with E-state index in [2.05, 4.69) is 20.1 Å². The van der Waals surface area contributed by atoms with E-state index >= 15 is 0 Å². The average Bonchev–Trinajstić information content (AvgIpc) is 2.91. The number of aryl methyl sites for hydroxylation is 5. The number of hydrogen-bond donors (Lipinski definition) is 1. The third-order valence-corrected chi connectivity index (χ3v) is 3.16. The van der Waals surface area contributed by atoms with Crippen LogP contribution in [0, 0.1) is 6.92 Å². The number of nitrogens with one attached hydrogen (secondary N) is 1. The Labute approximate surface area is 99.7 Å². The minimum Gasteiger partial charge on any atom is -0.346 e. The summed E-state index contributed by atoms with van der Waals surface area (Å²) in [5, 5.41) is 3.88. The predicted octanol–water partition coefficient (Wildman–Crippen LogP) is 1.77. The van der Waals surface area contributed by atoms with Crippen LogP contribution in [0.2, 0.25) is 0 Å². The molecule has 0 bridgehead atoms. The number of imidazole rings is 1. The Balaban J connectivity index is 1.67. The van der Waals surface area contributed by atoms with E-state index in [9.17, 15) is 0 Å². The number of hydrogen-bond acceptors (Lipinski definition) is 4. The minimum atomic E-state index is 0.624. The largest absolute Gasteiger partial charge is 0.346 e. The number of rotatable bonds is 3. The van der Waals surface area contributed by atoms with Gasteiger partial charge in [-0.3, -0.25) is 0 Å². The molecule has 0 atom stereocenters. The van der Waals surface area contributed by atoms with Crippen LogP contribution in [0.4, 0.5) is 0 Å². The maximum atomic E-state index is 4.94. The molecule has 0 spiro atoms. The summed E-state index contributed by atoms with van der Waals surface area (Å²) in [5.74, 6) is 2.44. The second kappa shape index (κ2) is 4.31. The van der Waals surface area contributed by atoms with Crippen LogP contribution in [0.25, 0.3) is 0 Å². The monoisotopic (exact) mass is 232 g/mol. The fourth-order valence-electron chi connectivity index (χ4n) is 2.30. The van der Waals surface area contributed by atoms with Crippen molar-refractivity contribution in [2.75, 3.05) is 0 Å². The van der Waals surface area contributed by atoms with Crippen molar-refractivity contribution in [1.82, 2.24) is 20.1 Å². The number of fused-ring (bicyclic) bond motifs is 1. The zero-order valence-corrected chi connectivity index (χ0v) is 9.99. The summed E-state index contributed by atoms with van der Waals surface area (Å²) in [7, 11) is 0. The maximum Gasteiger partial charge on any atom is 0.223 e. The zero-order chi connectivity index (χ0) is 11.7. The van der Waals surface area contributed by atoms with Crippen LogP contribution in [-0.4, -0.2) is 20.1 Å². The first-order valence-corrected chi connectivity index (χ1v) is 6.17. The Morgan fingerprint density at radius 2 is 2.06 bits per heavy atom. The van der Waals surface area contributed by atoms with Gasteiger partial charge in [0.25, 0.3) is 0 Å². The van der Waals surface area contributed by atoms with E-state index in [1.165, 1.54) is 24.2 Å². The summed E-state index contributed by atoms with van der Waals surface area (Å²) in [6.07, 6.45) is 6.44. The first-order valence-electron chi connectivity index (χ1n) is 6.17. The molecule has 2 aromatic rings. The molecule has 0 aliphatic heterocycles. The summed E-state index contributed by atoms with van der Waals surface area (Å²) < 4.78 is 4.94. The van der Waals surface area contributed by atoms with Gasteiger partial charge < -0.3 is 9.51 Å². The molecular weight excluding hydrogens is 216 g/mol. The highest BCUT2D eigenvalue weighted by Crippen LogP contribution is 2.19. The van der Waals surface area contributed by atoms with Gasteiger partial charge in [-0.25, -0.2) is 4.98 Å². The van der Waals surface area contributed by atoms with Gasteiger partial charge in [-0.15, -0.1) is 0 Å². The molecule has 17 heavy (non-hydrogen) atoms. The lowest BCUT2D eigenvalue weighted by Crippen LogP contribution is -2.00. The lowest BCUT2D eigenvalue weighted by Gasteiger charge is -2.07. The molecule has 1 N–H and O–H groups in total. The van der Waals surface area contributed by atoms with Crippen LogP contribution in [0.5, 0.6) is 0 Å². The standard InChI is InChI=1S/C12H16N4O/c1-8-13-12(16-17-8)7-6-11-14-9-4-2-3-5-10(9)15-11/h2-7H2,1H3,(H,14,15). The molecule has 0 radical (unpaired) electrons. The Bertz CT molecular complexity index is 491. The van der Waals surface area contributed by atoms with E-state index in [-0.39, 0.29) is 0 Å². The van der Waals surface area contributed by atoms with E-state index in [0.717, 1.165) is 37.3 Å². The van der Waals surface area contributed by atoms with Crippen LogP contribution in [0.15, 0.2) is 4.52 Å². The Morgan fingerprint density at radius 1 is 1.18 bits per heavy atom. The van der Waals surface area contributed by atoms with Crippen molar-refractivity contribution in [3.8, 4) is 0 Å². The van der Waals surface area contributed by atoms with E-state index in [4.69, 9.17) is 4.52 Å². The highest BCUT2D eigenvalue weighted by Gasteiger charge is 2.14. The molecule has 2 aromatic heterocycles. The molecular formula is C12H16N4O. The van der Waals surface area contributed by atoms with E-state index in [1.54, 1.807) is 0 Å². The molecule has 0 aromatic carbocycles. The van der Waals surface area contributed by atoms with Gasteiger partial charge in [-0.1, -0.05) is 5.16 Å². The SMILES string of the molecule is Cc1nc(CCc2nc3c([nH]2)CCCC3)no1. The van der Waals surface area contributed by atoms with Crippen LogP contribution in [0.1, 0.15) is 41.8 Å². The van der Waals surface area contributed by atoms with Crippen LogP contribution >= 0.6 is 0 Å². The molecule has 0 saturated heterocycles. The molecule has 2 heterocycles. The summed E-state index contributed by atoms with van der Waals surface area (Å²) in [6.45, 7) is 1.81. The summed E-state index contributed by atoms with van der Waals surface area (Å²) in [6, 6.07) is 0. The van der Waals surface area contributed by atoms with Crippen molar-refractivity contribution in [2.24, 2.45) is 0 Å². The van der Waals surface area contributed by atoms with Crippen LogP contribution < -0.4 is 0 Å². The highest BCUT2D eigenvalue weighted by atomic mass is 16.5. The smallest absolute Gasteiger partial charge is 0.223 e. The fourth-order valence-corrected chi connectivity index (χ4v) is 2.30. The Hall–Kier alpha value is -1.65. The molecule has 1 aliphatic rings. The molecule has 0 saturated carbocycles. The van der Waals surface area contributed by atoms with Gasteiger partial charge in [0.2, 0.25) is 5.89 Å².